The van der Waals surface area contributed by atoms with Crippen molar-refractivity contribution in [2.75, 3.05) is 0 Å². The van der Waals surface area contributed by atoms with Crippen LogP contribution in [0.1, 0.15) is 10.4 Å². The van der Waals surface area contributed by atoms with Crippen molar-refractivity contribution in [2.24, 2.45) is 7.05 Å². The van der Waals surface area contributed by atoms with Crippen LogP contribution in [0.3, 0.4) is 0 Å². The van der Waals surface area contributed by atoms with Gasteiger partial charge in [0.25, 0.3) is 0 Å². The fraction of sp³-hybridized carbons (Fsp3) is 0.0714. The number of hydrogen-bond acceptors (Lipinski definition) is 4. The lowest BCUT2D eigenvalue weighted by atomic mass is 10.3. The second kappa shape index (κ2) is 5.12. The molecule has 1 N–H and O–H groups in total. The fourth-order valence-electron chi connectivity index (χ4n) is 1.87. The number of rotatable bonds is 4. The number of ether oxygens (including phenoxy) is 1. The Bertz CT molecular complexity index is 777. The van der Waals surface area contributed by atoms with Crippen LogP contribution in [-0.2, 0) is 7.05 Å². The standard InChI is InChI=1S/C14H12N4O3/c1-17-8-7-15-14(17)21-12-11(13(19)20)9-16-18(12)10-5-3-2-4-6-10/h2-9H,1H3,(H,19,20). The molecule has 0 radical (unpaired) electrons. The van der Waals surface area contributed by atoms with Gasteiger partial charge in [0.05, 0.1) is 11.9 Å². The van der Waals surface area contributed by atoms with Gasteiger partial charge in [-0.3, -0.25) is 0 Å². The third-order valence-electron chi connectivity index (χ3n) is 2.92. The van der Waals surface area contributed by atoms with Gasteiger partial charge in [-0.1, -0.05) is 18.2 Å². The molecule has 0 saturated carbocycles. The maximum atomic E-state index is 11.3. The number of aromatic nitrogens is 4. The van der Waals surface area contributed by atoms with Crippen molar-refractivity contribution < 1.29 is 14.6 Å². The van der Waals surface area contributed by atoms with E-state index in [1.54, 1.807) is 24.0 Å². The molecule has 7 nitrogen and oxygen atoms in total. The molecule has 0 aliphatic heterocycles. The zero-order chi connectivity index (χ0) is 14.8. The highest BCUT2D eigenvalue weighted by Crippen LogP contribution is 2.26. The molecule has 0 amide bonds. The van der Waals surface area contributed by atoms with Gasteiger partial charge in [-0.2, -0.15) is 9.78 Å². The summed E-state index contributed by atoms with van der Waals surface area (Å²) >= 11 is 0. The van der Waals surface area contributed by atoms with Crippen LogP contribution < -0.4 is 4.74 Å². The van der Waals surface area contributed by atoms with Gasteiger partial charge in [-0.05, 0) is 12.1 Å². The topological polar surface area (TPSA) is 82.2 Å². The van der Waals surface area contributed by atoms with Gasteiger partial charge in [0.1, 0.15) is 5.56 Å². The van der Waals surface area contributed by atoms with Crippen molar-refractivity contribution in [3.05, 3.63) is 54.5 Å². The van der Waals surface area contributed by atoms with Crippen LogP contribution >= 0.6 is 0 Å². The molecule has 0 atom stereocenters. The van der Waals surface area contributed by atoms with E-state index in [2.05, 4.69) is 10.1 Å². The predicted molar refractivity (Wildman–Crippen MR) is 73.8 cm³/mol. The highest BCUT2D eigenvalue weighted by atomic mass is 16.5. The van der Waals surface area contributed by atoms with Crippen molar-refractivity contribution in [2.45, 2.75) is 0 Å². The number of benzene rings is 1. The Morgan fingerprint density at radius 3 is 2.67 bits per heavy atom. The molecule has 0 bridgehead atoms. The van der Waals surface area contributed by atoms with E-state index in [0.717, 1.165) is 0 Å². The quantitative estimate of drug-likeness (QED) is 0.793. The van der Waals surface area contributed by atoms with Gasteiger partial charge in [0.15, 0.2) is 0 Å². The summed E-state index contributed by atoms with van der Waals surface area (Å²) in [6.07, 6.45) is 4.53. The lowest BCUT2D eigenvalue weighted by molar-refractivity contribution is 0.0693. The summed E-state index contributed by atoms with van der Waals surface area (Å²) in [7, 11) is 1.76. The molecule has 2 aromatic heterocycles. The summed E-state index contributed by atoms with van der Waals surface area (Å²) in [5.74, 6) is -0.996. The van der Waals surface area contributed by atoms with Crippen molar-refractivity contribution in [1.29, 1.82) is 0 Å². The summed E-state index contributed by atoms with van der Waals surface area (Å²) in [6.45, 7) is 0. The van der Waals surface area contributed by atoms with Gasteiger partial charge in [-0.25, -0.2) is 9.78 Å². The molecule has 0 aliphatic carbocycles. The average Bonchev–Trinajstić information content (AvgIpc) is 3.07. The van der Waals surface area contributed by atoms with E-state index in [9.17, 15) is 9.90 Å². The Balaban J connectivity index is 2.10. The van der Waals surface area contributed by atoms with Crippen molar-refractivity contribution in [3.8, 4) is 17.6 Å². The van der Waals surface area contributed by atoms with Crippen LogP contribution in [0.4, 0.5) is 0 Å². The SMILES string of the molecule is Cn1ccnc1Oc1c(C(=O)O)cnn1-c1ccccc1. The molecule has 3 aromatic rings. The van der Waals surface area contributed by atoms with Crippen LogP contribution in [0.15, 0.2) is 48.9 Å². The van der Waals surface area contributed by atoms with E-state index < -0.39 is 5.97 Å². The van der Waals surface area contributed by atoms with Gasteiger partial charge >= 0.3 is 12.0 Å². The van der Waals surface area contributed by atoms with Crippen LogP contribution in [0.5, 0.6) is 11.9 Å². The minimum Gasteiger partial charge on any atom is -0.477 e. The molecule has 106 valence electrons. The number of imidazole rings is 1. The minimum atomic E-state index is -1.11. The second-order valence-corrected chi connectivity index (χ2v) is 4.34. The van der Waals surface area contributed by atoms with Gasteiger partial charge in [0.2, 0.25) is 5.88 Å². The molecule has 3 rings (SSSR count). The number of nitrogens with zero attached hydrogens (tertiary/aromatic N) is 4. The first kappa shape index (κ1) is 12.9. The maximum absolute atomic E-state index is 11.3. The first-order chi connectivity index (χ1) is 10.2. The maximum Gasteiger partial charge on any atom is 0.342 e. The zero-order valence-electron chi connectivity index (χ0n) is 11.2. The van der Waals surface area contributed by atoms with Crippen LogP contribution in [0, 0.1) is 0 Å². The highest BCUT2D eigenvalue weighted by molar-refractivity contribution is 5.90. The Kier molecular flexibility index (Phi) is 3.15. The number of carbonyl (C=O) groups is 1. The molecular weight excluding hydrogens is 272 g/mol. The van der Waals surface area contributed by atoms with Crippen LogP contribution in [0.25, 0.3) is 5.69 Å². The molecule has 7 heteroatoms. The summed E-state index contributed by atoms with van der Waals surface area (Å²) in [5, 5.41) is 13.4. The van der Waals surface area contributed by atoms with Gasteiger partial charge < -0.3 is 14.4 Å². The molecular formula is C14H12N4O3. The lowest BCUT2D eigenvalue weighted by Crippen LogP contribution is -2.05. The third kappa shape index (κ3) is 2.36. The number of hydrogen-bond donors (Lipinski definition) is 1. The highest BCUT2D eigenvalue weighted by Gasteiger charge is 2.21. The summed E-state index contributed by atoms with van der Waals surface area (Å²) in [4.78, 5) is 15.4. The molecule has 2 heterocycles. The number of aryl methyl sites for hydroxylation is 1. The monoisotopic (exact) mass is 284 g/mol. The molecule has 21 heavy (non-hydrogen) atoms. The van der Waals surface area contributed by atoms with Crippen LogP contribution in [-0.4, -0.2) is 30.4 Å². The Labute approximate surface area is 120 Å². The predicted octanol–water partition coefficient (Wildman–Crippen LogP) is 2.10. The van der Waals surface area contributed by atoms with E-state index in [1.807, 2.05) is 30.3 Å². The normalized spacial score (nSPS) is 10.5. The third-order valence-corrected chi connectivity index (χ3v) is 2.92. The first-order valence-electron chi connectivity index (χ1n) is 6.18. The van der Waals surface area contributed by atoms with E-state index in [0.29, 0.717) is 5.69 Å². The zero-order valence-corrected chi connectivity index (χ0v) is 11.2. The number of para-hydroxylation sites is 1. The average molecular weight is 284 g/mol. The molecule has 0 aliphatic rings. The number of carboxylic acids is 1. The lowest BCUT2D eigenvalue weighted by Gasteiger charge is -2.09. The number of carboxylic acid groups (broad SMARTS) is 1. The first-order valence-corrected chi connectivity index (χ1v) is 6.18. The van der Waals surface area contributed by atoms with Crippen LogP contribution in [0.2, 0.25) is 0 Å². The van der Waals surface area contributed by atoms with Crippen molar-refractivity contribution >= 4 is 5.97 Å². The summed E-state index contributed by atoms with van der Waals surface area (Å²) in [6, 6.07) is 9.44. The van der Waals surface area contributed by atoms with E-state index in [4.69, 9.17) is 4.74 Å². The summed E-state index contributed by atoms with van der Waals surface area (Å²) in [5.41, 5.74) is 0.677. The smallest absolute Gasteiger partial charge is 0.342 e. The molecule has 0 fully saturated rings. The fourth-order valence-corrected chi connectivity index (χ4v) is 1.87. The summed E-state index contributed by atoms with van der Waals surface area (Å²) < 4.78 is 8.71. The van der Waals surface area contributed by atoms with E-state index >= 15 is 0 Å². The molecule has 0 saturated heterocycles. The van der Waals surface area contributed by atoms with Crippen molar-refractivity contribution in [1.82, 2.24) is 19.3 Å². The Hall–Kier alpha value is -3.09. The Morgan fingerprint density at radius 2 is 2.05 bits per heavy atom. The molecule has 1 aromatic carbocycles. The number of aromatic carboxylic acids is 1. The van der Waals surface area contributed by atoms with E-state index in [-0.39, 0.29) is 17.5 Å². The largest absolute Gasteiger partial charge is 0.477 e. The molecule has 0 spiro atoms. The Morgan fingerprint density at radius 1 is 1.29 bits per heavy atom. The van der Waals surface area contributed by atoms with Gasteiger partial charge in [-0.15, -0.1) is 0 Å². The minimum absolute atomic E-state index is 0.0261. The van der Waals surface area contributed by atoms with E-state index in [1.165, 1.54) is 10.9 Å². The molecule has 0 unspecified atom stereocenters. The van der Waals surface area contributed by atoms with Gasteiger partial charge in [0, 0.05) is 19.4 Å². The van der Waals surface area contributed by atoms with Crippen molar-refractivity contribution in [3.63, 3.8) is 0 Å². The second-order valence-electron chi connectivity index (χ2n) is 4.34.